The van der Waals surface area contributed by atoms with Crippen molar-refractivity contribution in [3.63, 3.8) is 0 Å². The number of pyridine rings is 1. The highest BCUT2D eigenvalue weighted by atomic mass is 16.2. The molecule has 0 radical (unpaired) electrons. The molecule has 1 aromatic carbocycles. The largest absolute Gasteiger partial charge is 0.329 e. The highest BCUT2D eigenvalue weighted by Crippen LogP contribution is 2.40. The van der Waals surface area contributed by atoms with Crippen molar-refractivity contribution in [3.8, 4) is 0 Å². The van der Waals surface area contributed by atoms with E-state index in [-0.39, 0.29) is 11.3 Å². The third kappa shape index (κ3) is 2.08. The summed E-state index contributed by atoms with van der Waals surface area (Å²) >= 11 is 0. The van der Waals surface area contributed by atoms with Crippen LogP contribution in [0.3, 0.4) is 0 Å². The minimum absolute atomic E-state index is 0.0262. The summed E-state index contributed by atoms with van der Waals surface area (Å²) < 4.78 is 0. The first-order chi connectivity index (χ1) is 9.23. The normalized spacial score (nSPS) is 16.9. The van der Waals surface area contributed by atoms with Crippen molar-refractivity contribution in [1.82, 2.24) is 4.98 Å². The van der Waals surface area contributed by atoms with Crippen LogP contribution in [0.15, 0.2) is 36.5 Å². The first-order valence-corrected chi connectivity index (χ1v) is 6.60. The maximum Gasteiger partial charge on any atom is 0.231 e. The number of carbonyl (C=O) groups excluding carboxylic acids is 1. The topological polar surface area (TPSA) is 68.0 Å². The van der Waals surface area contributed by atoms with Gasteiger partial charge >= 0.3 is 0 Å². The number of amides is 1. The van der Waals surface area contributed by atoms with Crippen molar-refractivity contribution >= 4 is 22.5 Å². The fraction of sp³-hybridized carbons (Fsp3) is 0.333. The molecule has 0 atom stereocenters. The van der Waals surface area contributed by atoms with Crippen molar-refractivity contribution in [2.24, 2.45) is 11.1 Å². The number of benzene rings is 1. The van der Waals surface area contributed by atoms with E-state index in [0.717, 1.165) is 35.9 Å². The lowest BCUT2D eigenvalue weighted by atomic mass is 9.68. The van der Waals surface area contributed by atoms with E-state index in [1.807, 2.05) is 30.3 Å². The summed E-state index contributed by atoms with van der Waals surface area (Å²) in [4.78, 5) is 16.6. The van der Waals surface area contributed by atoms with Crippen LogP contribution in [0.4, 0.5) is 5.69 Å². The van der Waals surface area contributed by atoms with E-state index >= 15 is 0 Å². The molecular formula is C15H17N3O. The van der Waals surface area contributed by atoms with Gasteiger partial charge in [-0.25, -0.2) is 0 Å². The summed E-state index contributed by atoms with van der Waals surface area (Å²) in [6.45, 7) is 0.417. The van der Waals surface area contributed by atoms with Gasteiger partial charge in [-0.2, -0.15) is 0 Å². The predicted octanol–water partition coefficient (Wildman–Crippen LogP) is 2.30. The first kappa shape index (κ1) is 12.1. The zero-order chi connectivity index (χ0) is 13.3. The Bertz CT molecular complexity index is 614. The molecule has 1 aliphatic carbocycles. The van der Waals surface area contributed by atoms with E-state index < -0.39 is 0 Å². The lowest BCUT2D eigenvalue weighted by molar-refractivity contribution is -0.129. The van der Waals surface area contributed by atoms with Gasteiger partial charge in [-0.1, -0.05) is 24.6 Å². The molecule has 0 unspecified atom stereocenters. The van der Waals surface area contributed by atoms with Gasteiger partial charge < -0.3 is 11.1 Å². The Kier molecular flexibility index (Phi) is 2.95. The molecular weight excluding hydrogens is 238 g/mol. The molecule has 0 spiro atoms. The van der Waals surface area contributed by atoms with Crippen molar-refractivity contribution in [3.05, 3.63) is 36.5 Å². The standard InChI is InChI=1S/C15H17N3O/c16-10-15(6-3-7-15)14(19)18-12-8-11-4-1-2-5-13(11)17-9-12/h1-2,4-5,8-9H,3,6-7,10,16H2,(H,18,19). The molecule has 1 heterocycles. The van der Waals surface area contributed by atoms with Gasteiger partial charge in [-0.15, -0.1) is 0 Å². The number of hydrogen-bond acceptors (Lipinski definition) is 3. The number of para-hydroxylation sites is 1. The first-order valence-electron chi connectivity index (χ1n) is 6.60. The number of fused-ring (bicyclic) bond motifs is 1. The molecule has 1 fully saturated rings. The fourth-order valence-electron chi connectivity index (χ4n) is 2.53. The van der Waals surface area contributed by atoms with Crippen LogP contribution in [0, 0.1) is 5.41 Å². The van der Waals surface area contributed by atoms with E-state index in [9.17, 15) is 4.79 Å². The van der Waals surface area contributed by atoms with Gasteiger partial charge in [0, 0.05) is 11.9 Å². The number of nitrogens with two attached hydrogens (primary N) is 1. The number of hydrogen-bond donors (Lipinski definition) is 2. The molecule has 1 amide bonds. The molecule has 3 rings (SSSR count). The van der Waals surface area contributed by atoms with Crippen LogP contribution < -0.4 is 11.1 Å². The number of nitrogens with one attached hydrogen (secondary N) is 1. The van der Waals surface area contributed by atoms with Gasteiger partial charge in [0.15, 0.2) is 0 Å². The molecule has 1 aliphatic rings. The van der Waals surface area contributed by atoms with Crippen LogP contribution in [0.1, 0.15) is 19.3 Å². The van der Waals surface area contributed by atoms with Gasteiger partial charge in [0.25, 0.3) is 0 Å². The maximum absolute atomic E-state index is 12.3. The van der Waals surface area contributed by atoms with E-state index in [2.05, 4.69) is 10.3 Å². The number of carbonyl (C=O) groups is 1. The van der Waals surface area contributed by atoms with E-state index in [4.69, 9.17) is 5.73 Å². The summed E-state index contributed by atoms with van der Waals surface area (Å²) in [6, 6.07) is 9.80. The van der Waals surface area contributed by atoms with Crippen LogP contribution in [0.5, 0.6) is 0 Å². The van der Waals surface area contributed by atoms with Crippen LogP contribution in [0.25, 0.3) is 10.9 Å². The van der Waals surface area contributed by atoms with Crippen LogP contribution in [-0.4, -0.2) is 17.4 Å². The second-order valence-corrected chi connectivity index (χ2v) is 5.21. The van der Waals surface area contributed by atoms with Gasteiger partial charge in [0.1, 0.15) is 0 Å². The van der Waals surface area contributed by atoms with Crippen LogP contribution >= 0.6 is 0 Å². The Balaban J connectivity index is 1.83. The zero-order valence-electron chi connectivity index (χ0n) is 10.7. The van der Waals surface area contributed by atoms with E-state index in [1.54, 1.807) is 6.20 Å². The average Bonchev–Trinajstić information content (AvgIpc) is 2.38. The van der Waals surface area contributed by atoms with Crippen molar-refractivity contribution < 1.29 is 4.79 Å². The summed E-state index contributed by atoms with van der Waals surface area (Å²) in [5.74, 6) is 0.0262. The smallest absolute Gasteiger partial charge is 0.231 e. The summed E-state index contributed by atoms with van der Waals surface area (Å²) in [5, 5.41) is 3.97. The Morgan fingerprint density at radius 2 is 2.16 bits per heavy atom. The molecule has 0 saturated heterocycles. The number of rotatable bonds is 3. The second-order valence-electron chi connectivity index (χ2n) is 5.21. The number of aromatic nitrogens is 1. The SMILES string of the molecule is NCC1(C(=O)Nc2cnc3ccccc3c2)CCC1. The lowest BCUT2D eigenvalue weighted by Crippen LogP contribution is -2.47. The molecule has 0 bridgehead atoms. The number of nitrogens with zero attached hydrogens (tertiary/aromatic N) is 1. The Morgan fingerprint density at radius 3 is 2.84 bits per heavy atom. The average molecular weight is 255 g/mol. The van der Waals surface area contributed by atoms with Gasteiger partial charge in [0.2, 0.25) is 5.91 Å². The molecule has 1 saturated carbocycles. The Morgan fingerprint density at radius 1 is 1.37 bits per heavy atom. The molecule has 98 valence electrons. The highest BCUT2D eigenvalue weighted by molar-refractivity contribution is 5.97. The van der Waals surface area contributed by atoms with E-state index in [1.165, 1.54) is 0 Å². The minimum atomic E-state index is -0.356. The quantitative estimate of drug-likeness (QED) is 0.884. The van der Waals surface area contributed by atoms with E-state index in [0.29, 0.717) is 6.54 Å². The summed E-state index contributed by atoms with van der Waals surface area (Å²) in [5.41, 5.74) is 7.05. The third-order valence-corrected chi connectivity index (χ3v) is 4.03. The lowest BCUT2D eigenvalue weighted by Gasteiger charge is -2.39. The van der Waals surface area contributed by atoms with Gasteiger partial charge in [-0.05, 0) is 25.0 Å². The molecule has 4 heteroatoms. The minimum Gasteiger partial charge on any atom is -0.329 e. The van der Waals surface area contributed by atoms with Crippen molar-refractivity contribution in [2.75, 3.05) is 11.9 Å². The van der Waals surface area contributed by atoms with Crippen molar-refractivity contribution in [2.45, 2.75) is 19.3 Å². The fourth-order valence-corrected chi connectivity index (χ4v) is 2.53. The maximum atomic E-state index is 12.3. The van der Waals surface area contributed by atoms with Crippen molar-refractivity contribution in [1.29, 1.82) is 0 Å². The van der Waals surface area contributed by atoms with Gasteiger partial charge in [0.05, 0.1) is 22.8 Å². The monoisotopic (exact) mass is 255 g/mol. The van der Waals surface area contributed by atoms with Gasteiger partial charge in [-0.3, -0.25) is 9.78 Å². The molecule has 2 aromatic rings. The second kappa shape index (κ2) is 4.63. The third-order valence-electron chi connectivity index (χ3n) is 4.03. The van der Waals surface area contributed by atoms with Crippen LogP contribution in [-0.2, 0) is 4.79 Å². The van der Waals surface area contributed by atoms with Crippen LogP contribution in [0.2, 0.25) is 0 Å². The molecule has 0 aliphatic heterocycles. The molecule has 3 N–H and O–H groups in total. The molecule has 1 aromatic heterocycles. The Labute approximate surface area is 112 Å². The molecule has 4 nitrogen and oxygen atoms in total. The Hall–Kier alpha value is -1.94. The molecule has 19 heavy (non-hydrogen) atoms. The summed E-state index contributed by atoms with van der Waals surface area (Å²) in [7, 11) is 0. The summed E-state index contributed by atoms with van der Waals surface area (Å²) in [6.07, 6.45) is 4.55. The zero-order valence-corrected chi connectivity index (χ0v) is 10.7. The number of anilines is 1. The highest BCUT2D eigenvalue weighted by Gasteiger charge is 2.42. The predicted molar refractivity (Wildman–Crippen MR) is 75.7 cm³/mol.